The number of rotatable bonds is 3. The van der Waals surface area contributed by atoms with E-state index in [1.165, 1.54) is 11.6 Å². The van der Waals surface area contributed by atoms with E-state index >= 15 is 0 Å². The molecule has 0 saturated carbocycles. The van der Waals surface area contributed by atoms with Gasteiger partial charge in [-0.1, -0.05) is 23.8 Å². The van der Waals surface area contributed by atoms with Gasteiger partial charge in [-0.3, -0.25) is 10.1 Å². The molecular formula is C15H14N2OS2. The molecule has 102 valence electrons. The number of nitrogens with one attached hydrogen (secondary N) is 2. The maximum absolute atomic E-state index is 11.7. The highest BCUT2D eigenvalue weighted by atomic mass is 32.1. The zero-order chi connectivity index (χ0) is 14.4. The molecule has 20 heavy (non-hydrogen) atoms. The molecule has 0 bridgehead atoms. The van der Waals surface area contributed by atoms with Gasteiger partial charge in [-0.15, -0.1) is 11.3 Å². The molecule has 0 unspecified atom stereocenters. The lowest BCUT2D eigenvalue weighted by molar-refractivity contribution is -0.115. The number of anilines is 1. The molecule has 0 saturated heterocycles. The average Bonchev–Trinajstić information content (AvgIpc) is 2.92. The van der Waals surface area contributed by atoms with Crippen LogP contribution in [-0.2, 0) is 4.79 Å². The summed E-state index contributed by atoms with van der Waals surface area (Å²) in [6.45, 7) is 2.01. The van der Waals surface area contributed by atoms with Crippen molar-refractivity contribution in [2.45, 2.75) is 6.92 Å². The monoisotopic (exact) mass is 302 g/mol. The van der Waals surface area contributed by atoms with Crippen LogP contribution in [0, 0.1) is 6.92 Å². The molecule has 2 aromatic rings. The van der Waals surface area contributed by atoms with Crippen molar-refractivity contribution in [3.8, 4) is 0 Å². The molecule has 2 N–H and O–H groups in total. The summed E-state index contributed by atoms with van der Waals surface area (Å²) in [5.74, 6) is -0.247. The Bertz CT molecular complexity index is 616. The van der Waals surface area contributed by atoms with Gasteiger partial charge in [-0.25, -0.2) is 0 Å². The molecule has 3 nitrogen and oxygen atoms in total. The average molecular weight is 302 g/mol. The molecule has 1 aromatic carbocycles. The summed E-state index contributed by atoms with van der Waals surface area (Å²) in [4.78, 5) is 12.7. The van der Waals surface area contributed by atoms with Crippen molar-refractivity contribution in [2.75, 3.05) is 5.32 Å². The van der Waals surface area contributed by atoms with Crippen LogP contribution in [0.4, 0.5) is 5.69 Å². The summed E-state index contributed by atoms with van der Waals surface area (Å²) in [5.41, 5.74) is 2.02. The first-order chi connectivity index (χ1) is 9.63. The SMILES string of the molecule is Cc1ccc(NC(=S)NC(=O)/C=C/c2cccs2)cc1. The van der Waals surface area contributed by atoms with Crippen LogP contribution in [-0.4, -0.2) is 11.0 Å². The van der Waals surface area contributed by atoms with E-state index in [9.17, 15) is 4.79 Å². The second-order valence-corrected chi connectivity index (χ2v) is 5.55. The highest BCUT2D eigenvalue weighted by molar-refractivity contribution is 7.80. The molecule has 1 amide bonds. The van der Waals surface area contributed by atoms with E-state index in [4.69, 9.17) is 12.2 Å². The van der Waals surface area contributed by atoms with Crippen LogP contribution >= 0.6 is 23.6 Å². The highest BCUT2D eigenvalue weighted by Crippen LogP contribution is 2.10. The van der Waals surface area contributed by atoms with Gasteiger partial charge in [0.15, 0.2) is 5.11 Å². The fourth-order valence-electron chi connectivity index (χ4n) is 1.50. The van der Waals surface area contributed by atoms with Gasteiger partial charge in [0.2, 0.25) is 5.91 Å². The van der Waals surface area contributed by atoms with E-state index in [2.05, 4.69) is 10.6 Å². The van der Waals surface area contributed by atoms with Gasteiger partial charge in [0.25, 0.3) is 0 Å². The molecule has 1 heterocycles. The summed E-state index contributed by atoms with van der Waals surface area (Å²) in [5, 5.41) is 7.81. The standard InChI is InChI=1S/C15H14N2OS2/c1-11-4-6-12(7-5-11)16-15(19)17-14(18)9-8-13-3-2-10-20-13/h2-10H,1H3,(H2,16,17,18,19)/b9-8+. The fourth-order valence-corrected chi connectivity index (χ4v) is 2.33. The minimum Gasteiger partial charge on any atom is -0.332 e. The summed E-state index contributed by atoms with van der Waals surface area (Å²) in [6.07, 6.45) is 3.23. The molecule has 0 fully saturated rings. The molecule has 0 aliphatic carbocycles. The van der Waals surface area contributed by atoms with E-state index < -0.39 is 0 Å². The van der Waals surface area contributed by atoms with Crippen molar-refractivity contribution < 1.29 is 4.79 Å². The number of amides is 1. The summed E-state index contributed by atoms with van der Waals surface area (Å²) < 4.78 is 0. The van der Waals surface area contributed by atoms with Crippen molar-refractivity contribution in [3.63, 3.8) is 0 Å². The largest absolute Gasteiger partial charge is 0.332 e. The normalized spacial score (nSPS) is 10.4. The van der Waals surface area contributed by atoms with Gasteiger partial charge in [0.1, 0.15) is 0 Å². The molecule has 0 spiro atoms. The topological polar surface area (TPSA) is 41.1 Å². The number of thiophene rings is 1. The first kappa shape index (κ1) is 14.4. The van der Waals surface area contributed by atoms with Gasteiger partial charge < -0.3 is 5.32 Å². The van der Waals surface area contributed by atoms with Crippen molar-refractivity contribution >= 4 is 46.3 Å². The molecule has 5 heteroatoms. The molecule has 0 radical (unpaired) electrons. The van der Waals surface area contributed by atoms with Crippen molar-refractivity contribution in [1.82, 2.24) is 5.32 Å². The second-order valence-electron chi connectivity index (χ2n) is 4.16. The predicted molar refractivity (Wildman–Crippen MR) is 88.9 cm³/mol. The Kier molecular flexibility index (Phi) is 5.03. The molecule has 1 aromatic heterocycles. The predicted octanol–water partition coefficient (Wildman–Crippen LogP) is 3.58. The Balaban J connectivity index is 1.85. The van der Waals surface area contributed by atoms with E-state index in [0.717, 1.165) is 10.6 Å². The van der Waals surface area contributed by atoms with Crippen LogP contribution in [0.1, 0.15) is 10.4 Å². The van der Waals surface area contributed by atoms with Gasteiger partial charge in [-0.05, 0) is 48.8 Å². The lowest BCUT2D eigenvalue weighted by Crippen LogP contribution is -2.32. The minimum atomic E-state index is -0.247. The summed E-state index contributed by atoms with van der Waals surface area (Å²) >= 11 is 6.66. The van der Waals surface area contributed by atoms with Gasteiger partial charge in [-0.2, -0.15) is 0 Å². The molecule has 0 atom stereocenters. The molecule has 0 aliphatic rings. The van der Waals surface area contributed by atoms with Crippen LogP contribution in [0.2, 0.25) is 0 Å². The number of carbonyl (C=O) groups is 1. The van der Waals surface area contributed by atoms with Crippen molar-refractivity contribution in [2.24, 2.45) is 0 Å². The van der Waals surface area contributed by atoms with Gasteiger partial charge in [0.05, 0.1) is 0 Å². The smallest absolute Gasteiger partial charge is 0.250 e. The maximum atomic E-state index is 11.7. The first-order valence-corrected chi connectivity index (χ1v) is 7.32. The lowest BCUT2D eigenvalue weighted by Gasteiger charge is -2.08. The number of aryl methyl sites for hydroxylation is 1. The number of thiocarbonyl (C=S) groups is 1. The van der Waals surface area contributed by atoms with E-state index in [0.29, 0.717) is 0 Å². The van der Waals surface area contributed by atoms with E-state index in [1.54, 1.807) is 17.4 Å². The van der Waals surface area contributed by atoms with Crippen LogP contribution in [0.3, 0.4) is 0 Å². The zero-order valence-corrected chi connectivity index (χ0v) is 12.6. The number of hydrogen-bond donors (Lipinski definition) is 2. The Morgan fingerprint density at radius 2 is 2.00 bits per heavy atom. The molecular weight excluding hydrogens is 288 g/mol. The lowest BCUT2D eigenvalue weighted by atomic mass is 10.2. The summed E-state index contributed by atoms with van der Waals surface area (Å²) in [6, 6.07) is 11.7. The Morgan fingerprint density at radius 3 is 2.65 bits per heavy atom. The van der Waals surface area contributed by atoms with Crippen LogP contribution in [0.15, 0.2) is 47.9 Å². The highest BCUT2D eigenvalue weighted by Gasteiger charge is 2.01. The van der Waals surface area contributed by atoms with Gasteiger partial charge >= 0.3 is 0 Å². The minimum absolute atomic E-state index is 0.247. The van der Waals surface area contributed by atoms with E-state index in [1.807, 2.05) is 48.7 Å². The number of benzene rings is 1. The van der Waals surface area contributed by atoms with E-state index in [-0.39, 0.29) is 11.0 Å². The second kappa shape index (κ2) is 6.98. The van der Waals surface area contributed by atoms with Crippen LogP contribution in [0.25, 0.3) is 6.08 Å². The number of carbonyl (C=O) groups excluding carboxylic acids is 1. The summed E-state index contributed by atoms with van der Waals surface area (Å²) in [7, 11) is 0. The fraction of sp³-hybridized carbons (Fsp3) is 0.0667. The molecule has 2 rings (SSSR count). The van der Waals surface area contributed by atoms with Crippen LogP contribution < -0.4 is 10.6 Å². The maximum Gasteiger partial charge on any atom is 0.250 e. The quantitative estimate of drug-likeness (QED) is 0.672. The van der Waals surface area contributed by atoms with Crippen molar-refractivity contribution in [3.05, 3.63) is 58.3 Å². The Morgan fingerprint density at radius 1 is 1.25 bits per heavy atom. The third-order valence-electron chi connectivity index (χ3n) is 2.49. The van der Waals surface area contributed by atoms with Crippen molar-refractivity contribution in [1.29, 1.82) is 0 Å². The Hall–Kier alpha value is -1.98. The first-order valence-electron chi connectivity index (χ1n) is 6.04. The Labute approximate surface area is 127 Å². The zero-order valence-electron chi connectivity index (χ0n) is 10.9. The third kappa shape index (κ3) is 4.60. The number of hydrogen-bond acceptors (Lipinski definition) is 3. The van der Waals surface area contributed by atoms with Crippen LogP contribution in [0.5, 0.6) is 0 Å². The third-order valence-corrected chi connectivity index (χ3v) is 3.53. The molecule has 0 aliphatic heterocycles. The van der Waals surface area contributed by atoms with Gasteiger partial charge in [0, 0.05) is 16.6 Å².